The molecule has 5 nitrogen and oxygen atoms in total. The summed E-state index contributed by atoms with van der Waals surface area (Å²) in [6.07, 6.45) is 1.27. The number of nitrogens with two attached hydrogens (primary N) is 1. The molecule has 0 saturated carbocycles. The average molecular weight is 291 g/mol. The Bertz CT molecular complexity index is 457. The van der Waals surface area contributed by atoms with Gasteiger partial charge in [0.05, 0.1) is 0 Å². The van der Waals surface area contributed by atoms with Gasteiger partial charge in [0.25, 0.3) is 5.91 Å². The summed E-state index contributed by atoms with van der Waals surface area (Å²) in [5.74, 6) is 0.234. The van der Waals surface area contributed by atoms with E-state index in [1.54, 1.807) is 12.1 Å². The number of hydrogen-bond acceptors (Lipinski definition) is 3. The van der Waals surface area contributed by atoms with Gasteiger partial charge in [0.1, 0.15) is 0 Å². The molecule has 1 rings (SSSR count). The lowest BCUT2D eigenvalue weighted by atomic mass is 10.1. The summed E-state index contributed by atoms with van der Waals surface area (Å²) in [5, 5.41) is 5.56. The van der Waals surface area contributed by atoms with E-state index in [9.17, 15) is 9.59 Å². The highest BCUT2D eigenvalue weighted by atomic mass is 16.2. The van der Waals surface area contributed by atoms with Crippen LogP contribution >= 0.6 is 0 Å². The minimum atomic E-state index is -0.124. The second-order valence-corrected chi connectivity index (χ2v) is 5.35. The maximum Gasteiger partial charge on any atom is 0.251 e. The van der Waals surface area contributed by atoms with Gasteiger partial charge < -0.3 is 16.4 Å². The highest BCUT2D eigenvalue weighted by Crippen LogP contribution is 2.03. The van der Waals surface area contributed by atoms with E-state index < -0.39 is 0 Å². The molecule has 0 spiro atoms. The molecule has 0 bridgehead atoms. The Kier molecular flexibility index (Phi) is 7.46. The predicted octanol–water partition coefficient (Wildman–Crippen LogP) is 1.22. The number of carbonyl (C=O) groups is 2. The van der Waals surface area contributed by atoms with Gasteiger partial charge in [0.2, 0.25) is 5.91 Å². The van der Waals surface area contributed by atoms with E-state index in [2.05, 4.69) is 10.6 Å². The quantitative estimate of drug-likeness (QED) is 0.630. The number of carbonyl (C=O) groups excluding carboxylic acids is 2. The molecule has 116 valence electrons. The topological polar surface area (TPSA) is 84.2 Å². The molecule has 4 N–H and O–H groups in total. The van der Waals surface area contributed by atoms with Gasteiger partial charge in [-0.1, -0.05) is 24.6 Å². The zero-order valence-corrected chi connectivity index (χ0v) is 12.8. The van der Waals surface area contributed by atoms with E-state index in [0.29, 0.717) is 37.5 Å². The van der Waals surface area contributed by atoms with Gasteiger partial charge in [0, 0.05) is 25.1 Å². The SMILES string of the molecule is Cc1ccc(C(=O)NCCNC(=O)CCC(C)CN)cc1. The van der Waals surface area contributed by atoms with Crippen molar-refractivity contribution in [3.8, 4) is 0 Å². The fourth-order valence-electron chi connectivity index (χ4n) is 1.77. The van der Waals surface area contributed by atoms with Crippen molar-refractivity contribution in [2.45, 2.75) is 26.7 Å². The van der Waals surface area contributed by atoms with Crippen LogP contribution in [-0.4, -0.2) is 31.4 Å². The Balaban J connectivity index is 2.17. The van der Waals surface area contributed by atoms with Gasteiger partial charge in [-0.25, -0.2) is 0 Å². The van der Waals surface area contributed by atoms with Crippen LogP contribution in [0.2, 0.25) is 0 Å². The molecule has 0 saturated heterocycles. The first-order valence-corrected chi connectivity index (χ1v) is 7.34. The van der Waals surface area contributed by atoms with E-state index in [1.165, 1.54) is 0 Å². The van der Waals surface area contributed by atoms with Crippen molar-refractivity contribution in [2.24, 2.45) is 11.7 Å². The molecule has 0 aromatic heterocycles. The summed E-state index contributed by atoms with van der Waals surface area (Å²) in [5.41, 5.74) is 7.24. The maximum atomic E-state index is 11.8. The Hall–Kier alpha value is -1.88. The van der Waals surface area contributed by atoms with Gasteiger partial charge in [0.15, 0.2) is 0 Å². The van der Waals surface area contributed by atoms with Crippen molar-refractivity contribution < 1.29 is 9.59 Å². The van der Waals surface area contributed by atoms with Crippen molar-refractivity contribution in [3.05, 3.63) is 35.4 Å². The maximum absolute atomic E-state index is 11.8. The molecule has 0 heterocycles. The third-order valence-corrected chi connectivity index (χ3v) is 3.31. The molecule has 0 aliphatic carbocycles. The zero-order valence-electron chi connectivity index (χ0n) is 12.8. The first kappa shape index (κ1) is 17.2. The van der Waals surface area contributed by atoms with Gasteiger partial charge in [-0.15, -0.1) is 0 Å². The smallest absolute Gasteiger partial charge is 0.251 e. The summed E-state index contributed by atoms with van der Waals surface area (Å²) in [4.78, 5) is 23.4. The number of benzene rings is 1. The van der Waals surface area contributed by atoms with E-state index in [0.717, 1.165) is 12.0 Å². The lowest BCUT2D eigenvalue weighted by Gasteiger charge is -2.09. The average Bonchev–Trinajstić information content (AvgIpc) is 2.49. The molecule has 21 heavy (non-hydrogen) atoms. The van der Waals surface area contributed by atoms with E-state index in [-0.39, 0.29) is 11.8 Å². The Morgan fingerprint density at radius 3 is 2.38 bits per heavy atom. The molecule has 1 unspecified atom stereocenters. The lowest BCUT2D eigenvalue weighted by molar-refractivity contribution is -0.121. The fourth-order valence-corrected chi connectivity index (χ4v) is 1.77. The number of rotatable bonds is 8. The highest BCUT2D eigenvalue weighted by molar-refractivity contribution is 5.94. The predicted molar refractivity (Wildman–Crippen MR) is 84.0 cm³/mol. The van der Waals surface area contributed by atoms with E-state index in [4.69, 9.17) is 5.73 Å². The van der Waals surface area contributed by atoms with E-state index in [1.807, 2.05) is 26.0 Å². The molecule has 2 amide bonds. The van der Waals surface area contributed by atoms with Crippen LogP contribution in [0.4, 0.5) is 0 Å². The first-order valence-electron chi connectivity index (χ1n) is 7.34. The molecular weight excluding hydrogens is 266 g/mol. The molecule has 1 atom stereocenters. The monoisotopic (exact) mass is 291 g/mol. The van der Waals surface area contributed by atoms with Crippen LogP contribution in [0, 0.1) is 12.8 Å². The van der Waals surface area contributed by atoms with Gasteiger partial charge in [-0.05, 0) is 37.9 Å². The second-order valence-electron chi connectivity index (χ2n) is 5.35. The second kappa shape index (κ2) is 9.13. The summed E-state index contributed by atoms with van der Waals surface area (Å²) in [7, 11) is 0. The normalized spacial score (nSPS) is 11.8. The Morgan fingerprint density at radius 2 is 1.76 bits per heavy atom. The van der Waals surface area contributed by atoms with Crippen molar-refractivity contribution in [2.75, 3.05) is 19.6 Å². The Labute approximate surface area is 126 Å². The minimum absolute atomic E-state index is 0.000107. The number of amides is 2. The third kappa shape index (κ3) is 6.90. The number of hydrogen-bond donors (Lipinski definition) is 3. The van der Waals surface area contributed by atoms with Crippen molar-refractivity contribution in [1.29, 1.82) is 0 Å². The molecular formula is C16H25N3O2. The number of nitrogens with one attached hydrogen (secondary N) is 2. The lowest BCUT2D eigenvalue weighted by Crippen LogP contribution is -2.34. The van der Waals surface area contributed by atoms with Crippen molar-refractivity contribution >= 4 is 11.8 Å². The van der Waals surface area contributed by atoms with Crippen molar-refractivity contribution in [1.82, 2.24) is 10.6 Å². The summed E-state index contributed by atoms with van der Waals surface area (Å²) < 4.78 is 0. The summed E-state index contributed by atoms with van der Waals surface area (Å²) >= 11 is 0. The van der Waals surface area contributed by atoms with Gasteiger partial charge in [-0.2, -0.15) is 0 Å². The Morgan fingerprint density at radius 1 is 1.14 bits per heavy atom. The van der Waals surface area contributed by atoms with Crippen LogP contribution in [-0.2, 0) is 4.79 Å². The molecule has 1 aromatic carbocycles. The number of aryl methyl sites for hydroxylation is 1. The largest absolute Gasteiger partial charge is 0.354 e. The van der Waals surface area contributed by atoms with Crippen LogP contribution in [0.1, 0.15) is 35.7 Å². The van der Waals surface area contributed by atoms with Crippen LogP contribution in [0.5, 0.6) is 0 Å². The molecule has 0 fully saturated rings. The summed E-state index contributed by atoms with van der Waals surface area (Å²) in [6, 6.07) is 7.37. The third-order valence-electron chi connectivity index (χ3n) is 3.31. The molecule has 0 radical (unpaired) electrons. The van der Waals surface area contributed by atoms with Crippen LogP contribution < -0.4 is 16.4 Å². The minimum Gasteiger partial charge on any atom is -0.354 e. The van der Waals surface area contributed by atoms with Crippen LogP contribution in [0.25, 0.3) is 0 Å². The molecule has 0 aliphatic rings. The van der Waals surface area contributed by atoms with Gasteiger partial charge in [-0.3, -0.25) is 9.59 Å². The van der Waals surface area contributed by atoms with Crippen molar-refractivity contribution in [3.63, 3.8) is 0 Å². The molecule has 0 aliphatic heterocycles. The first-order chi connectivity index (χ1) is 10.0. The van der Waals surface area contributed by atoms with E-state index >= 15 is 0 Å². The standard InChI is InChI=1S/C16H25N3O2/c1-12-3-6-14(7-4-12)16(21)19-10-9-18-15(20)8-5-13(2)11-17/h3-4,6-7,13H,5,8-11,17H2,1-2H3,(H,18,20)(H,19,21). The van der Waals surface area contributed by atoms with Crippen LogP contribution in [0.3, 0.4) is 0 Å². The zero-order chi connectivity index (χ0) is 15.7. The molecule has 1 aromatic rings. The van der Waals surface area contributed by atoms with Gasteiger partial charge >= 0.3 is 0 Å². The summed E-state index contributed by atoms with van der Waals surface area (Å²) in [6.45, 7) is 5.45. The molecule has 5 heteroatoms. The fraction of sp³-hybridized carbons (Fsp3) is 0.500. The van der Waals surface area contributed by atoms with Crippen LogP contribution in [0.15, 0.2) is 24.3 Å². The highest BCUT2D eigenvalue weighted by Gasteiger charge is 2.06.